The lowest BCUT2D eigenvalue weighted by atomic mass is 10.1. The van der Waals surface area contributed by atoms with Gasteiger partial charge in [-0.3, -0.25) is 0 Å². The normalized spacial score (nSPS) is 11.2. The molecule has 1 aromatic carbocycles. The number of hydrogen-bond donors (Lipinski definition) is 0. The van der Waals surface area contributed by atoms with Crippen molar-refractivity contribution in [2.24, 2.45) is 0 Å². The van der Waals surface area contributed by atoms with Gasteiger partial charge in [0.05, 0.1) is 0 Å². The number of carbonyl (C=O) groups is 1. The Labute approximate surface area is 89.6 Å². The zero-order valence-corrected chi connectivity index (χ0v) is 8.57. The van der Waals surface area contributed by atoms with Gasteiger partial charge in [0.2, 0.25) is 0 Å². The van der Waals surface area contributed by atoms with Crippen LogP contribution in [0.25, 0.3) is 0 Å². The van der Waals surface area contributed by atoms with Gasteiger partial charge in [-0.15, -0.1) is 6.42 Å². The predicted octanol–water partition coefficient (Wildman–Crippen LogP) is 2.48. The van der Waals surface area contributed by atoms with Gasteiger partial charge in [-0.1, -0.05) is 42.8 Å². The van der Waals surface area contributed by atoms with E-state index in [0.717, 1.165) is 5.56 Å². The van der Waals surface area contributed by atoms with Crippen molar-refractivity contribution in [2.75, 3.05) is 0 Å². The van der Waals surface area contributed by atoms with E-state index < -0.39 is 12.1 Å². The third-order valence-electron chi connectivity index (χ3n) is 1.83. The average molecular weight is 200 g/mol. The van der Waals surface area contributed by atoms with E-state index in [4.69, 9.17) is 11.2 Å². The molecule has 0 fully saturated rings. The smallest absolute Gasteiger partial charge is 0.334 e. The maximum absolute atomic E-state index is 11.3. The highest BCUT2D eigenvalue weighted by molar-refractivity contribution is 5.87. The van der Waals surface area contributed by atoms with Crippen LogP contribution in [0.1, 0.15) is 18.6 Å². The Bertz CT molecular complexity index is 398. The number of hydrogen-bond acceptors (Lipinski definition) is 2. The molecule has 0 aliphatic carbocycles. The van der Waals surface area contributed by atoms with Crippen molar-refractivity contribution in [3.63, 3.8) is 0 Å². The maximum Gasteiger partial charge on any atom is 0.334 e. The first-order valence-corrected chi connectivity index (χ1v) is 4.52. The minimum atomic E-state index is -0.643. The number of ether oxygens (including phenoxy) is 1. The molecule has 0 aromatic heterocycles. The lowest BCUT2D eigenvalue weighted by Crippen LogP contribution is -2.10. The molecule has 76 valence electrons. The summed E-state index contributed by atoms with van der Waals surface area (Å²) in [5.74, 6) is 1.95. The summed E-state index contributed by atoms with van der Waals surface area (Å²) in [5.41, 5.74) is 1.13. The van der Waals surface area contributed by atoms with Crippen LogP contribution in [0.5, 0.6) is 0 Å². The topological polar surface area (TPSA) is 26.3 Å². The summed E-state index contributed by atoms with van der Waals surface area (Å²) in [6.07, 6.45) is 4.65. The minimum Gasteiger partial charge on any atom is -0.441 e. The van der Waals surface area contributed by atoms with Crippen molar-refractivity contribution in [1.82, 2.24) is 0 Å². The first-order chi connectivity index (χ1) is 7.15. The molecule has 1 aromatic rings. The maximum atomic E-state index is 11.3. The molecule has 0 N–H and O–H groups in total. The highest BCUT2D eigenvalue weighted by Gasteiger charge is 2.13. The molecule has 2 heteroatoms. The molecule has 2 nitrogen and oxygen atoms in total. The van der Waals surface area contributed by atoms with E-state index in [1.165, 1.54) is 0 Å². The van der Waals surface area contributed by atoms with Gasteiger partial charge in [0.25, 0.3) is 0 Å². The monoisotopic (exact) mass is 200 g/mol. The summed E-state index contributed by atoms with van der Waals surface area (Å²) in [6.45, 7) is 5.08. The first kappa shape index (κ1) is 11.1. The lowest BCUT2D eigenvalue weighted by Gasteiger charge is -2.12. The summed E-state index contributed by atoms with van der Waals surface area (Å²) in [4.78, 5) is 11.3. The molecular formula is C13H12O2. The summed E-state index contributed by atoms with van der Waals surface area (Å²) in [5, 5.41) is 0. The van der Waals surface area contributed by atoms with Crippen molar-refractivity contribution < 1.29 is 9.53 Å². The van der Waals surface area contributed by atoms with E-state index in [9.17, 15) is 4.79 Å². The molecular weight excluding hydrogens is 188 g/mol. The van der Waals surface area contributed by atoms with Crippen LogP contribution in [0, 0.1) is 12.3 Å². The second-order valence-electron chi connectivity index (χ2n) is 3.14. The standard InChI is InChI=1S/C13H12O2/c1-4-12(15-13(14)10(2)3)11-8-6-5-7-9-11/h1,5-9,12H,2H2,3H3. The third kappa shape index (κ3) is 2.99. The van der Waals surface area contributed by atoms with Gasteiger partial charge in [-0.05, 0) is 6.92 Å². The minimum absolute atomic E-state index is 0.339. The molecule has 0 amide bonds. The van der Waals surface area contributed by atoms with E-state index in [0.29, 0.717) is 5.57 Å². The number of terminal acetylenes is 1. The van der Waals surface area contributed by atoms with Gasteiger partial charge in [-0.25, -0.2) is 4.79 Å². The van der Waals surface area contributed by atoms with Crippen LogP contribution in [0.15, 0.2) is 42.5 Å². The van der Waals surface area contributed by atoms with Gasteiger partial charge >= 0.3 is 5.97 Å². The molecule has 15 heavy (non-hydrogen) atoms. The van der Waals surface area contributed by atoms with Gasteiger partial charge in [0.1, 0.15) is 0 Å². The summed E-state index contributed by atoms with van der Waals surface area (Å²) >= 11 is 0. The second-order valence-corrected chi connectivity index (χ2v) is 3.14. The fourth-order valence-corrected chi connectivity index (χ4v) is 1.03. The quantitative estimate of drug-likeness (QED) is 0.425. The molecule has 0 saturated heterocycles. The molecule has 0 radical (unpaired) electrons. The molecule has 0 aliphatic heterocycles. The van der Waals surface area contributed by atoms with Crippen molar-refractivity contribution >= 4 is 5.97 Å². The SMILES string of the molecule is C#CC(OC(=O)C(=C)C)c1ccccc1. The summed E-state index contributed by atoms with van der Waals surface area (Å²) in [6, 6.07) is 9.19. The fourth-order valence-electron chi connectivity index (χ4n) is 1.03. The predicted molar refractivity (Wildman–Crippen MR) is 58.9 cm³/mol. The molecule has 0 heterocycles. The largest absolute Gasteiger partial charge is 0.441 e. The van der Waals surface area contributed by atoms with Crippen molar-refractivity contribution in [2.45, 2.75) is 13.0 Å². The Morgan fingerprint density at radius 2 is 2.07 bits per heavy atom. The summed E-state index contributed by atoms with van der Waals surface area (Å²) < 4.78 is 5.07. The Morgan fingerprint density at radius 3 is 2.53 bits per heavy atom. The highest BCUT2D eigenvalue weighted by Crippen LogP contribution is 2.17. The number of carbonyl (C=O) groups excluding carboxylic acids is 1. The van der Waals surface area contributed by atoms with E-state index in [1.54, 1.807) is 6.92 Å². The van der Waals surface area contributed by atoms with Crippen molar-refractivity contribution in [3.8, 4) is 12.3 Å². The van der Waals surface area contributed by atoms with Gasteiger partial charge in [0, 0.05) is 11.1 Å². The van der Waals surface area contributed by atoms with Gasteiger partial charge in [-0.2, -0.15) is 0 Å². The Balaban J connectivity index is 2.79. The molecule has 1 rings (SSSR count). The number of benzene rings is 1. The molecule has 0 bridgehead atoms. The molecule has 0 aliphatic rings. The summed E-state index contributed by atoms with van der Waals surface area (Å²) in [7, 11) is 0. The highest BCUT2D eigenvalue weighted by atomic mass is 16.5. The van der Waals surface area contributed by atoms with Crippen LogP contribution in [0.4, 0.5) is 0 Å². The fraction of sp³-hybridized carbons (Fsp3) is 0.154. The van der Waals surface area contributed by atoms with Gasteiger partial charge in [0.15, 0.2) is 6.10 Å². The number of esters is 1. The number of rotatable bonds is 3. The van der Waals surface area contributed by atoms with E-state index >= 15 is 0 Å². The van der Waals surface area contributed by atoms with E-state index in [1.807, 2.05) is 30.3 Å². The average Bonchev–Trinajstić information content (AvgIpc) is 2.26. The van der Waals surface area contributed by atoms with Crippen LogP contribution < -0.4 is 0 Å². The van der Waals surface area contributed by atoms with Gasteiger partial charge < -0.3 is 4.74 Å². The third-order valence-corrected chi connectivity index (χ3v) is 1.83. The Hall–Kier alpha value is -2.01. The van der Waals surface area contributed by atoms with Crippen LogP contribution >= 0.6 is 0 Å². The van der Waals surface area contributed by atoms with Crippen LogP contribution in [0.2, 0.25) is 0 Å². The first-order valence-electron chi connectivity index (χ1n) is 4.52. The van der Waals surface area contributed by atoms with E-state index in [2.05, 4.69) is 12.5 Å². The zero-order valence-electron chi connectivity index (χ0n) is 8.57. The van der Waals surface area contributed by atoms with E-state index in [-0.39, 0.29) is 0 Å². The van der Waals surface area contributed by atoms with Crippen LogP contribution in [0.3, 0.4) is 0 Å². The Kier molecular flexibility index (Phi) is 3.70. The van der Waals surface area contributed by atoms with Crippen LogP contribution in [-0.4, -0.2) is 5.97 Å². The molecule has 1 unspecified atom stereocenters. The van der Waals surface area contributed by atoms with Crippen LogP contribution in [-0.2, 0) is 9.53 Å². The zero-order chi connectivity index (χ0) is 11.3. The van der Waals surface area contributed by atoms with Crippen molar-refractivity contribution in [1.29, 1.82) is 0 Å². The lowest BCUT2D eigenvalue weighted by molar-refractivity contribution is -0.141. The molecule has 0 saturated carbocycles. The molecule has 1 atom stereocenters. The second kappa shape index (κ2) is 5.02. The molecule has 0 spiro atoms. The Morgan fingerprint density at radius 1 is 1.47 bits per heavy atom. The van der Waals surface area contributed by atoms with Crippen molar-refractivity contribution in [3.05, 3.63) is 48.0 Å².